The van der Waals surface area contributed by atoms with Gasteiger partial charge in [-0.05, 0) is 42.7 Å². The van der Waals surface area contributed by atoms with E-state index in [-0.39, 0.29) is 5.91 Å². The Kier molecular flexibility index (Phi) is 4.59. The van der Waals surface area contributed by atoms with Crippen LogP contribution in [0.2, 0.25) is 0 Å². The van der Waals surface area contributed by atoms with Gasteiger partial charge in [-0.2, -0.15) is 0 Å². The Morgan fingerprint density at radius 2 is 1.81 bits per heavy atom. The molecule has 0 atom stereocenters. The summed E-state index contributed by atoms with van der Waals surface area (Å²) in [5, 5.41) is 0. The van der Waals surface area contributed by atoms with Gasteiger partial charge in [-0.1, -0.05) is 30.7 Å². The van der Waals surface area contributed by atoms with Crippen LogP contribution in [0.1, 0.15) is 56.1 Å². The van der Waals surface area contributed by atoms with E-state index in [0.717, 1.165) is 31.8 Å². The van der Waals surface area contributed by atoms with E-state index in [1.165, 1.54) is 30.4 Å². The van der Waals surface area contributed by atoms with Crippen molar-refractivity contribution < 1.29 is 9.53 Å². The average Bonchev–Trinajstić information content (AvgIpc) is 2.45. The summed E-state index contributed by atoms with van der Waals surface area (Å²) in [6.07, 6.45) is 6.30. The smallest absolute Gasteiger partial charge is 0.219 e. The number of benzene rings is 1. The molecule has 1 aliphatic carbocycles. The maximum absolute atomic E-state index is 11.3. The maximum atomic E-state index is 11.3. The van der Waals surface area contributed by atoms with Crippen molar-refractivity contribution >= 4 is 5.91 Å². The number of hydrogen-bond donors (Lipinski definition) is 0. The summed E-state index contributed by atoms with van der Waals surface area (Å²) in [6, 6.07) is 8.94. The third-order valence-electron chi connectivity index (χ3n) is 4.93. The lowest BCUT2D eigenvalue weighted by Gasteiger charge is -2.31. The number of piperidine rings is 1. The van der Waals surface area contributed by atoms with Crippen molar-refractivity contribution in [3.8, 4) is 0 Å². The van der Waals surface area contributed by atoms with E-state index in [2.05, 4.69) is 24.3 Å². The van der Waals surface area contributed by atoms with E-state index < -0.39 is 0 Å². The van der Waals surface area contributed by atoms with E-state index in [4.69, 9.17) is 4.74 Å². The molecule has 114 valence electrons. The van der Waals surface area contributed by atoms with Crippen molar-refractivity contribution in [2.75, 3.05) is 13.1 Å². The van der Waals surface area contributed by atoms with Gasteiger partial charge in [-0.25, -0.2) is 0 Å². The van der Waals surface area contributed by atoms with Gasteiger partial charge in [-0.15, -0.1) is 0 Å². The molecule has 0 radical (unpaired) electrons. The number of amides is 1. The quantitative estimate of drug-likeness (QED) is 0.848. The van der Waals surface area contributed by atoms with Crippen LogP contribution in [0.5, 0.6) is 0 Å². The number of carbonyl (C=O) groups is 1. The Morgan fingerprint density at radius 3 is 2.33 bits per heavy atom. The van der Waals surface area contributed by atoms with Gasteiger partial charge in [0, 0.05) is 20.0 Å². The normalized spacial score (nSPS) is 20.3. The van der Waals surface area contributed by atoms with Crippen molar-refractivity contribution in [1.82, 2.24) is 4.90 Å². The molecule has 1 saturated carbocycles. The molecule has 0 bridgehead atoms. The molecule has 0 aromatic heterocycles. The third-order valence-corrected chi connectivity index (χ3v) is 4.93. The van der Waals surface area contributed by atoms with Crippen LogP contribution in [-0.2, 0) is 16.1 Å². The van der Waals surface area contributed by atoms with Crippen LogP contribution in [0.3, 0.4) is 0 Å². The van der Waals surface area contributed by atoms with Crippen molar-refractivity contribution in [2.24, 2.45) is 0 Å². The van der Waals surface area contributed by atoms with Crippen LogP contribution in [0.25, 0.3) is 0 Å². The maximum Gasteiger partial charge on any atom is 0.219 e. The van der Waals surface area contributed by atoms with E-state index in [9.17, 15) is 4.79 Å². The number of likely N-dealkylation sites (tertiary alicyclic amines) is 1. The van der Waals surface area contributed by atoms with E-state index in [0.29, 0.717) is 12.7 Å². The lowest BCUT2D eigenvalue weighted by atomic mass is 9.80. The number of carbonyl (C=O) groups excluding carboxylic acids is 1. The van der Waals surface area contributed by atoms with Gasteiger partial charge in [0.15, 0.2) is 0 Å². The first kappa shape index (κ1) is 14.6. The number of rotatable bonds is 4. The molecular weight excluding hydrogens is 262 g/mol. The predicted octanol–water partition coefficient (Wildman–Crippen LogP) is 3.48. The molecule has 2 fully saturated rings. The first-order chi connectivity index (χ1) is 10.2. The number of nitrogens with zero attached hydrogens (tertiary/aromatic N) is 1. The molecule has 1 aliphatic heterocycles. The van der Waals surface area contributed by atoms with Crippen molar-refractivity contribution in [2.45, 2.75) is 57.7 Å². The zero-order valence-electron chi connectivity index (χ0n) is 12.9. The summed E-state index contributed by atoms with van der Waals surface area (Å²) in [7, 11) is 0. The molecule has 0 unspecified atom stereocenters. The Hall–Kier alpha value is -1.35. The molecule has 3 heteroatoms. The second-order valence-electron chi connectivity index (χ2n) is 6.39. The first-order valence-corrected chi connectivity index (χ1v) is 8.18. The van der Waals surface area contributed by atoms with Crippen molar-refractivity contribution in [3.63, 3.8) is 0 Å². The minimum absolute atomic E-state index is 0.181. The topological polar surface area (TPSA) is 29.5 Å². The van der Waals surface area contributed by atoms with Gasteiger partial charge in [-0.3, -0.25) is 4.79 Å². The molecule has 1 amide bonds. The third kappa shape index (κ3) is 3.65. The van der Waals surface area contributed by atoms with Crippen LogP contribution < -0.4 is 0 Å². The summed E-state index contributed by atoms with van der Waals surface area (Å²) in [5.74, 6) is 0.982. The van der Waals surface area contributed by atoms with Crippen molar-refractivity contribution in [1.29, 1.82) is 0 Å². The Labute approximate surface area is 127 Å². The SMILES string of the molecule is CC(=O)N1CCC(OCc2ccc(C3CCC3)cc2)CC1. The van der Waals surface area contributed by atoms with Gasteiger partial charge < -0.3 is 9.64 Å². The molecule has 21 heavy (non-hydrogen) atoms. The zero-order valence-corrected chi connectivity index (χ0v) is 12.9. The fourth-order valence-corrected chi connectivity index (χ4v) is 3.18. The van der Waals surface area contributed by atoms with Crippen LogP contribution in [-0.4, -0.2) is 30.0 Å². The minimum atomic E-state index is 0.181. The molecule has 0 N–H and O–H groups in total. The molecular formula is C18H25NO2. The molecule has 0 spiro atoms. The highest BCUT2D eigenvalue weighted by molar-refractivity contribution is 5.73. The predicted molar refractivity (Wildman–Crippen MR) is 83.1 cm³/mol. The Balaban J connectivity index is 1.44. The van der Waals surface area contributed by atoms with Gasteiger partial charge in [0.05, 0.1) is 12.7 Å². The summed E-state index contributed by atoms with van der Waals surface area (Å²) in [5.41, 5.74) is 2.74. The molecule has 2 aliphatic rings. The lowest BCUT2D eigenvalue weighted by Crippen LogP contribution is -2.39. The monoisotopic (exact) mass is 287 g/mol. The van der Waals surface area contributed by atoms with Gasteiger partial charge in [0.1, 0.15) is 0 Å². The second-order valence-corrected chi connectivity index (χ2v) is 6.39. The van der Waals surface area contributed by atoms with Crippen molar-refractivity contribution in [3.05, 3.63) is 35.4 Å². The molecule has 1 saturated heterocycles. The Morgan fingerprint density at radius 1 is 1.14 bits per heavy atom. The number of hydrogen-bond acceptors (Lipinski definition) is 2. The largest absolute Gasteiger partial charge is 0.373 e. The van der Waals surface area contributed by atoms with Crippen LogP contribution in [0.15, 0.2) is 24.3 Å². The summed E-state index contributed by atoms with van der Waals surface area (Å²) in [4.78, 5) is 13.2. The summed E-state index contributed by atoms with van der Waals surface area (Å²) < 4.78 is 6.00. The van der Waals surface area contributed by atoms with Crippen LogP contribution >= 0.6 is 0 Å². The lowest BCUT2D eigenvalue weighted by molar-refractivity contribution is -0.131. The molecule has 1 aromatic rings. The summed E-state index contributed by atoms with van der Waals surface area (Å²) >= 11 is 0. The van der Waals surface area contributed by atoms with Gasteiger partial charge >= 0.3 is 0 Å². The molecule has 3 nitrogen and oxygen atoms in total. The molecule has 1 aromatic carbocycles. The fourth-order valence-electron chi connectivity index (χ4n) is 3.18. The van der Waals surface area contributed by atoms with E-state index >= 15 is 0 Å². The highest BCUT2D eigenvalue weighted by Crippen LogP contribution is 2.36. The highest BCUT2D eigenvalue weighted by atomic mass is 16.5. The average molecular weight is 287 g/mol. The standard InChI is InChI=1S/C18H25NO2/c1-14(20)19-11-9-18(10-12-19)21-13-15-5-7-17(8-6-15)16-3-2-4-16/h5-8,16,18H,2-4,9-13H2,1H3. The molecule has 1 heterocycles. The fraction of sp³-hybridized carbons (Fsp3) is 0.611. The minimum Gasteiger partial charge on any atom is -0.373 e. The van der Waals surface area contributed by atoms with E-state index in [1.54, 1.807) is 6.92 Å². The highest BCUT2D eigenvalue weighted by Gasteiger charge is 2.21. The first-order valence-electron chi connectivity index (χ1n) is 8.18. The van der Waals surface area contributed by atoms with Gasteiger partial charge in [0.2, 0.25) is 5.91 Å². The van der Waals surface area contributed by atoms with Gasteiger partial charge in [0.25, 0.3) is 0 Å². The summed E-state index contributed by atoms with van der Waals surface area (Å²) in [6.45, 7) is 4.00. The molecule has 3 rings (SSSR count). The Bertz CT molecular complexity index is 470. The second kappa shape index (κ2) is 6.61. The van der Waals surface area contributed by atoms with Crippen LogP contribution in [0, 0.1) is 0 Å². The zero-order chi connectivity index (χ0) is 14.7. The number of ether oxygens (including phenoxy) is 1. The van der Waals surface area contributed by atoms with E-state index in [1.807, 2.05) is 4.90 Å². The van der Waals surface area contributed by atoms with Crippen LogP contribution in [0.4, 0.5) is 0 Å².